The summed E-state index contributed by atoms with van der Waals surface area (Å²) in [6.45, 7) is 6.10. The molecule has 2 amide bonds. The lowest BCUT2D eigenvalue weighted by Crippen LogP contribution is -2.39. The number of nitrogens with zero attached hydrogens (tertiary/aromatic N) is 3. The molecular formula is C20H22N4O2. The number of anilines is 1. The summed E-state index contributed by atoms with van der Waals surface area (Å²) in [6, 6.07) is 17.1. The molecular weight excluding hydrogens is 328 g/mol. The predicted octanol–water partition coefficient (Wildman–Crippen LogP) is 4.49. The summed E-state index contributed by atoms with van der Waals surface area (Å²) in [5, 5.41) is 6.96. The van der Waals surface area contributed by atoms with Gasteiger partial charge in [-0.15, -0.1) is 0 Å². The average Bonchev–Trinajstić information content (AvgIpc) is 3.11. The zero-order chi connectivity index (χ0) is 18.5. The molecule has 2 aromatic carbocycles. The van der Waals surface area contributed by atoms with E-state index in [4.69, 9.17) is 4.52 Å². The monoisotopic (exact) mass is 350 g/mol. The molecule has 1 N–H and O–H groups in total. The quantitative estimate of drug-likeness (QED) is 0.736. The van der Waals surface area contributed by atoms with Gasteiger partial charge in [-0.25, -0.2) is 4.79 Å². The topological polar surface area (TPSA) is 71.3 Å². The summed E-state index contributed by atoms with van der Waals surface area (Å²) in [5.41, 5.74) is 2.68. The summed E-state index contributed by atoms with van der Waals surface area (Å²) in [7, 11) is 0. The van der Waals surface area contributed by atoms with E-state index in [1.54, 1.807) is 4.90 Å². The molecule has 26 heavy (non-hydrogen) atoms. The van der Waals surface area contributed by atoms with Crippen molar-refractivity contribution in [3.05, 3.63) is 66.1 Å². The van der Waals surface area contributed by atoms with Gasteiger partial charge in [0.05, 0.1) is 0 Å². The minimum atomic E-state index is -0.200. The van der Waals surface area contributed by atoms with Crippen molar-refractivity contribution in [1.82, 2.24) is 15.0 Å². The summed E-state index contributed by atoms with van der Waals surface area (Å²) >= 11 is 0. The van der Waals surface area contributed by atoms with Crippen molar-refractivity contribution in [2.45, 2.75) is 33.4 Å². The van der Waals surface area contributed by atoms with Crippen molar-refractivity contribution in [2.75, 3.05) is 5.32 Å². The van der Waals surface area contributed by atoms with Crippen molar-refractivity contribution in [1.29, 1.82) is 0 Å². The second-order valence-corrected chi connectivity index (χ2v) is 6.34. The Morgan fingerprint density at radius 2 is 1.81 bits per heavy atom. The maximum atomic E-state index is 12.7. The van der Waals surface area contributed by atoms with Crippen molar-refractivity contribution < 1.29 is 9.32 Å². The number of aryl methyl sites for hydroxylation is 1. The number of para-hydroxylation sites is 1. The fraction of sp³-hybridized carbons (Fsp3) is 0.250. The van der Waals surface area contributed by atoms with E-state index in [9.17, 15) is 4.79 Å². The van der Waals surface area contributed by atoms with E-state index in [1.165, 1.54) is 0 Å². The van der Waals surface area contributed by atoms with Gasteiger partial charge in [0.15, 0.2) is 0 Å². The largest absolute Gasteiger partial charge is 0.337 e. The lowest BCUT2D eigenvalue weighted by molar-refractivity contribution is 0.182. The van der Waals surface area contributed by atoms with Gasteiger partial charge in [0, 0.05) is 17.3 Å². The summed E-state index contributed by atoms with van der Waals surface area (Å²) in [5.74, 6) is 0.918. The number of carbonyl (C=O) groups excluding carboxylic acids is 1. The Kier molecular flexibility index (Phi) is 5.31. The van der Waals surface area contributed by atoms with Gasteiger partial charge in [0.25, 0.3) is 0 Å². The zero-order valence-corrected chi connectivity index (χ0v) is 15.1. The third kappa shape index (κ3) is 4.08. The van der Waals surface area contributed by atoms with E-state index in [0.29, 0.717) is 11.7 Å². The molecule has 6 nitrogen and oxygen atoms in total. The van der Waals surface area contributed by atoms with Gasteiger partial charge in [0.2, 0.25) is 11.7 Å². The Hall–Kier alpha value is -3.15. The van der Waals surface area contributed by atoms with E-state index in [-0.39, 0.29) is 18.6 Å². The van der Waals surface area contributed by atoms with Gasteiger partial charge in [0.1, 0.15) is 6.54 Å². The van der Waals surface area contributed by atoms with Crippen LogP contribution in [0.2, 0.25) is 0 Å². The fourth-order valence-electron chi connectivity index (χ4n) is 2.56. The van der Waals surface area contributed by atoms with Crippen molar-refractivity contribution >= 4 is 11.7 Å². The second kappa shape index (κ2) is 7.82. The maximum Gasteiger partial charge on any atom is 0.322 e. The Balaban J connectivity index is 1.74. The van der Waals surface area contributed by atoms with Crippen LogP contribution in [0.15, 0.2) is 59.1 Å². The summed E-state index contributed by atoms with van der Waals surface area (Å²) in [6.07, 6.45) is 0. The Morgan fingerprint density at radius 1 is 1.12 bits per heavy atom. The molecule has 0 radical (unpaired) electrons. The number of hydrogen-bond acceptors (Lipinski definition) is 4. The number of rotatable bonds is 5. The molecule has 0 aliphatic rings. The molecule has 1 aromatic heterocycles. The molecule has 0 bridgehead atoms. The number of benzene rings is 2. The van der Waals surface area contributed by atoms with Gasteiger partial charge in [-0.2, -0.15) is 4.98 Å². The van der Waals surface area contributed by atoms with Crippen LogP contribution in [0.25, 0.3) is 11.4 Å². The molecule has 0 saturated heterocycles. The fourth-order valence-corrected chi connectivity index (χ4v) is 2.56. The SMILES string of the molecule is Cc1ccccc1NC(=O)N(Cc1nc(-c2ccccc2)no1)C(C)C. The molecule has 3 rings (SSSR count). The molecule has 0 saturated carbocycles. The average molecular weight is 350 g/mol. The molecule has 3 aromatic rings. The number of carbonyl (C=O) groups is 1. The molecule has 134 valence electrons. The number of aromatic nitrogens is 2. The second-order valence-electron chi connectivity index (χ2n) is 6.34. The number of hydrogen-bond donors (Lipinski definition) is 1. The van der Waals surface area contributed by atoms with Gasteiger partial charge >= 0.3 is 6.03 Å². The van der Waals surface area contributed by atoms with E-state index >= 15 is 0 Å². The van der Waals surface area contributed by atoms with Crippen LogP contribution in [-0.4, -0.2) is 27.1 Å². The van der Waals surface area contributed by atoms with Gasteiger partial charge < -0.3 is 14.7 Å². The van der Waals surface area contributed by atoms with Crippen LogP contribution in [0.1, 0.15) is 25.3 Å². The lowest BCUT2D eigenvalue weighted by atomic mass is 10.2. The third-order valence-corrected chi connectivity index (χ3v) is 4.08. The van der Waals surface area contributed by atoms with Crippen molar-refractivity contribution in [3.8, 4) is 11.4 Å². The Morgan fingerprint density at radius 3 is 2.50 bits per heavy atom. The van der Waals surface area contributed by atoms with Crippen molar-refractivity contribution in [2.24, 2.45) is 0 Å². The molecule has 6 heteroatoms. The van der Waals surface area contributed by atoms with E-state index < -0.39 is 0 Å². The minimum Gasteiger partial charge on any atom is -0.337 e. The van der Waals surface area contributed by atoms with Crippen LogP contribution in [0.5, 0.6) is 0 Å². The number of nitrogens with one attached hydrogen (secondary N) is 1. The zero-order valence-electron chi connectivity index (χ0n) is 15.1. The molecule has 1 heterocycles. The van der Waals surface area contributed by atoms with Gasteiger partial charge in [-0.1, -0.05) is 53.7 Å². The molecule has 0 spiro atoms. The smallest absolute Gasteiger partial charge is 0.322 e. The first-order valence-electron chi connectivity index (χ1n) is 8.56. The maximum absolute atomic E-state index is 12.7. The summed E-state index contributed by atoms with van der Waals surface area (Å²) in [4.78, 5) is 18.8. The lowest BCUT2D eigenvalue weighted by Gasteiger charge is -2.25. The van der Waals surface area contributed by atoms with Crippen molar-refractivity contribution in [3.63, 3.8) is 0 Å². The highest BCUT2D eigenvalue weighted by atomic mass is 16.5. The highest BCUT2D eigenvalue weighted by Gasteiger charge is 2.21. The minimum absolute atomic E-state index is 0.0221. The Labute approximate surface area is 152 Å². The first-order valence-corrected chi connectivity index (χ1v) is 8.56. The predicted molar refractivity (Wildman–Crippen MR) is 101 cm³/mol. The van der Waals surface area contributed by atoms with Gasteiger partial charge in [-0.3, -0.25) is 0 Å². The standard InChI is InChI=1S/C20H22N4O2/c1-14(2)24(20(25)21-17-12-8-7-9-15(17)3)13-18-22-19(23-26-18)16-10-5-4-6-11-16/h4-12,14H,13H2,1-3H3,(H,21,25). The number of amides is 2. The molecule has 0 unspecified atom stereocenters. The van der Waals surface area contributed by atoms with Crippen LogP contribution >= 0.6 is 0 Å². The van der Waals surface area contributed by atoms with E-state index in [2.05, 4.69) is 15.5 Å². The first-order chi connectivity index (χ1) is 12.5. The molecule has 0 atom stereocenters. The van der Waals surface area contributed by atoms with Crippen LogP contribution in [0.3, 0.4) is 0 Å². The van der Waals surface area contributed by atoms with E-state index in [1.807, 2.05) is 75.4 Å². The summed E-state index contributed by atoms with van der Waals surface area (Å²) < 4.78 is 5.34. The Bertz CT molecular complexity index is 874. The highest BCUT2D eigenvalue weighted by molar-refractivity contribution is 5.90. The first kappa shape index (κ1) is 17.7. The highest BCUT2D eigenvalue weighted by Crippen LogP contribution is 2.18. The van der Waals surface area contributed by atoms with E-state index in [0.717, 1.165) is 16.8 Å². The molecule has 0 fully saturated rings. The van der Waals surface area contributed by atoms with Gasteiger partial charge in [-0.05, 0) is 32.4 Å². The molecule has 0 aliphatic heterocycles. The van der Waals surface area contributed by atoms with Crippen LogP contribution < -0.4 is 5.32 Å². The van der Waals surface area contributed by atoms with Crippen LogP contribution in [0.4, 0.5) is 10.5 Å². The van der Waals surface area contributed by atoms with Crippen LogP contribution in [0, 0.1) is 6.92 Å². The normalized spacial score (nSPS) is 10.8. The molecule has 0 aliphatic carbocycles. The van der Waals surface area contributed by atoms with Crippen LogP contribution in [-0.2, 0) is 6.54 Å². The third-order valence-electron chi connectivity index (χ3n) is 4.08. The number of urea groups is 1.